The Bertz CT molecular complexity index is 1420. The van der Waals surface area contributed by atoms with Gasteiger partial charge >= 0.3 is 24.7 Å². The largest absolute Gasteiger partial charge is 0.416 e. The molecule has 1 aliphatic heterocycles. The first-order valence-electron chi connectivity index (χ1n) is 12.7. The molecule has 2 aliphatic rings. The molecule has 14 heteroatoms. The van der Waals surface area contributed by atoms with Crippen molar-refractivity contribution >= 4 is 17.4 Å². The lowest BCUT2D eigenvalue weighted by molar-refractivity contribution is -0.144. The van der Waals surface area contributed by atoms with Crippen molar-refractivity contribution in [2.75, 3.05) is 10.8 Å². The van der Waals surface area contributed by atoms with Crippen LogP contribution in [0.25, 0.3) is 22.3 Å². The van der Waals surface area contributed by atoms with E-state index >= 15 is 0 Å². The maximum Gasteiger partial charge on any atom is 0.416 e. The maximum atomic E-state index is 13.7. The molecule has 0 radical (unpaired) electrons. The smallest absolute Gasteiger partial charge is 0.333 e. The molecular formula is C29H19F12NS. The molecule has 0 saturated heterocycles. The Kier molecular flexibility index (Phi) is 7.75. The highest BCUT2D eigenvalue weighted by Crippen LogP contribution is 2.51. The number of anilines is 1. The summed E-state index contributed by atoms with van der Waals surface area (Å²) in [5.74, 6) is 0.116. The Morgan fingerprint density at radius 2 is 0.930 bits per heavy atom. The van der Waals surface area contributed by atoms with Crippen molar-refractivity contribution in [3.8, 4) is 22.3 Å². The summed E-state index contributed by atoms with van der Waals surface area (Å²) in [6.07, 6.45) is -18.1. The van der Waals surface area contributed by atoms with Crippen LogP contribution >= 0.6 is 11.8 Å². The first-order valence-corrected chi connectivity index (χ1v) is 13.7. The third-order valence-electron chi connectivity index (χ3n) is 7.19. The number of halogens is 12. The molecule has 1 heterocycles. The van der Waals surface area contributed by atoms with Gasteiger partial charge in [-0.3, -0.25) is 0 Å². The van der Waals surface area contributed by atoms with Gasteiger partial charge in [0.25, 0.3) is 0 Å². The highest BCUT2D eigenvalue weighted by molar-refractivity contribution is 8.03. The fourth-order valence-electron chi connectivity index (χ4n) is 5.24. The molecule has 230 valence electrons. The molecule has 0 bridgehead atoms. The van der Waals surface area contributed by atoms with E-state index in [1.807, 2.05) is 0 Å². The second kappa shape index (κ2) is 10.7. The highest BCUT2D eigenvalue weighted by atomic mass is 32.2. The molecule has 5 rings (SSSR count). The van der Waals surface area contributed by atoms with Gasteiger partial charge in [0.15, 0.2) is 0 Å². The van der Waals surface area contributed by atoms with E-state index in [1.54, 1.807) is 4.90 Å². The topological polar surface area (TPSA) is 3.24 Å². The average molecular weight is 642 g/mol. The minimum atomic E-state index is -5.18. The number of rotatable bonds is 3. The number of para-hydroxylation sites is 1. The van der Waals surface area contributed by atoms with Crippen molar-refractivity contribution in [3.05, 3.63) is 87.5 Å². The predicted molar refractivity (Wildman–Crippen MR) is 138 cm³/mol. The molecule has 1 aliphatic carbocycles. The molecule has 0 spiro atoms. The Hall–Kier alpha value is -3.29. The van der Waals surface area contributed by atoms with Crippen molar-refractivity contribution in [2.24, 2.45) is 0 Å². The first kappa shape index (κ1) is 31.1. The van der Waals surface area contributed by atoms with E-state index < -0.39 is 58.1 Å². The van der Waals surface area contributed by atoms with Gasteiger partial charge in [0.1, 0.15) is 0 Å². The fraction of sp³-hybridized carbons (Fsp3) is 0.310. The Morgan fingerprint density at radius 1 is 0.535 bits per heavy atom. The van der Waals surface area contributed by atoms with E-state index in [2.05, 4.69) is 0 Å². The monoisotopic (exact) mass is 641 g/mol. The fourth-order valence-corrected chi connectivity index (χ4v) is 6.48. The van der Waals surface area contributed by atoms with Gasteiger partial charge < -0.3 is 4.90 Å². The van der Waals surface area contributed by atoms with Crippen molar-refractivity contribution in [2.45, 2.75) is 50.4 Å². The SMILES string of the molecule is FC(F)(F)c1cc(-c2cccc(-c3cc(C(F)(F)F)cc(C(F)(F)F)c3)c2N2CSC3=C2CCCC3)cc(C(F)(F)F)c1. The van der Waals surface area contributed by atoms with Crippen molar-refractivity contribution in [1.29, 1.82) is 0 Å². The number of hydrogen-bond donors (Lipinski definition) is 0. The van der Waals surface area contributed by atoms with Gasteiger partial charge in [0.05, 0.1) is 33.8 Å². The molecule has 3 aromatic rings. The Balaban J connectivity index is 1.84. The summed E-state index contributed by atoms with van der Waals surface area (Å²) >= 11 is 1.35. The lowest BCUT2D eigenvalue weighted by Gasteiger charge is -2.29. The number of alkyl halides is 12. The summed E-state index contributed by atoms with van der Waals surface area (Å²) in [4.78, 5) is 2.47. The minimum absolute atomic E-state index is 0.0527. The summed E-state index contributed by atoms with van der Waals surface area (Å²) in [7, 11) is 0. The number of hydrogen-bond acceptors (Lipinski definition) is 2. The molecule has 0 unspecified atom stereocenters. The third-order valence-corrected chi connectivity index (χ3v) is 8.36. The second-order valence-electron chi connectivity index (χ2n) is 10.1. The summed E-state index contributed by atoms with van der Waals surface area (Å²) in [6, 6.07) is 5.45. The lowest BCUT2D eigenvalue weighted by atomic mass is 9.90. The van der Waals surface area contributed by atoms with Crippen LogP contribution in [-0.2, 0) is 24.7 Å². The summed E-state index contributed by atoms with van der Waals surface area (Å²) in [5, 5.41) is 0. The number of benzene rings is 3. The molecular weight excluding hydrogens is 622 g/mol. The van der Waals surface area contributed by atoms with Crippen LogP contribution in [0.3, 0.4) is 0 Å². The maximum absolute atomic E-state index is 13.7. The van der Waals surface area contributed by atoms with E-state index in [-0.39, 0.29) is 34.8 Å². The van der Waals surface area contributed by atoms with Crippen LogP contribution in [0.4, 0.5) is 58.4 Å². The van der Waals surface area contributed by atoms with Gasteiger partial charge in [-0.25, -0.2) is 0 Å². The minimum Gasteiger partial charge on any atom is -0.333 e. The molecule has 0 fully saturated rings. The molecule has 0 saturated carbocycles. The van der Waals surface area contributed by atoms with E-state index in [1.165, 1.54) is 30.0 Å². The zero-order valence-corrected chi connectivity index (χ0v) is 22.4. The number of allylic oxidation sites excluding steroid dienone is 2. The zero-order chi connectivity index (χ0) is 31.5. The molecule has 43 heavy (non-hydrogen) atoms. The second-order valence-corrected chi connectivity index (χ2v) is 11.1. The predicted octanol–water partition coefficient (Wildman–Crippen LogP) is 11.4. The van der Waals surface area contributed by atoms with Crippen LogP contribution in [0, 0.1) is 0 Å². The average Bonchev–Trinajstić information content (AvgIpc) is 3.34. The van der Waals surface area contributed by atoms with Crippen LogP contribution in [0.15, 0.2) is 65.2 Å². The Morgan fingerprint density at radius 3 is 1.33 bits per heavy atom. The van der Waals surface area contributed by atoms with Crippen LogP contribution < -0.4 is 4.90 Å². The summed E-state index contributed by atoms with van der Waals surface area (Å²) in [5.41, 5.74) is -7.35. The molecule has 1 nitrogen and oxygen atoms in total. The summed E-state index contributed by atoms with van der Waals surface area (Å²) in [6.45, 7) is 0. The van der Waals surface area contributed by atoms with Gasteiger partial charge in [-0.2, -0.15) is 52.7 Å². The Labute approximate surface area is 241 Å². The third kappa shape index (κ3) is 6.34. The standard InChI is InChI=1S/C29H19F12NS/c30-26(31,32)17-8-15(9-18(12-17)27(33,34)35)21-4-3-5-22(25(21)42-14-43-24-7-2-1-6-23(24)42)16-10-19(28(36,37)38)13-20(11-16)29(39,40)41/h3-5,8-13H,1-2,6-7,14H2. The highest BCUT2D eigenvalue weighted by Gasteiger charge is 2.40. The molecule has 3 aromatic carbocycles. The van der Waals surface area contributed by atoms with E-state index in [4.69, 9.17) is 0 Å². The van der Waals surface area contributed by atoms with Crippen LogP contribution in [0.1, 0.15) is 47.9 Å². The first-order chi connectivity index (χ1) is 19.8. The van der Waals surface area contributed by atoms with Crippen LogP contribution in [0.5, 0.6) is 0 Å². The molecule has 0 amide bonds. The molecule has 0 aromatic heterocycles. The number of thioether (sulfide) groups is 1. The quantitative estimate of drug-likeness (QED) is 0.262. The van der Waals surface area contributed by atoms with Crippen LogP contribution in [0.2, 0.25) is 0 Å². The van der Waals surface area contributed by atoms with Gasteiger partial charge in [-0.15, -0.1) is 11.8 Å². The van der Waals surface area contributed by atoms with E-state index in [9.17, 15) is 52.7 Å². The van der Waals surface area contributed by atoms with Gasteiger partial charge in [-0.05, 0) is 73.2 Å². The van der Waals surface area contributed by atoms with Crippen molar-refractivity contribution in [1.82, 2.24) is 0 Å². The molecule has 0 N–H and O–H groups in total. The lowest BCUT2D eigenvalue weighted by Crippen LogP contribution is -2.21. The van der Waals surface area contributed by atoms with E-state index in [0.29, 0.717) is 49.2 Å². The van der Waals surface area contributed by atoms with Gasteiger partial charge in [0, 0.05) is 21.7 Å². The van der Waals surface area contributed by atoms with Gasteiger partial charge in [-0.1, -0.05) is 18.2 Å². The van der Waals surface area contributed by atoms with Crippen molar-refractivity contribution < 1.29 is 52.7 Å². The van der Waals surface area contributed by atoms with E-state index in [0.717, 1.165) is 11.3 Å². The van der Waals surface area contributed by atoms with Crippen molar-refractivity contribution in [3.63, 3.8) is 0 Å². The van der Waals surface area contributed by atoms with Gasteiger partial charge in [0.2, 0.25) is 0 Å². The normalized spacial score (nSPS) is 16.6. The molecule has 0 atom stereocenters. The van der Waals surface area contributed by atoms with Crippen LogP contribution in [-0.4, -0.2) is 5.88 Å². The number of nitrogens with zero attached hydrogens (tertiary/aromatic N) is 1. The zero-order valence-electron chi connectivity index (χ0n) is 21.6. The summed E-state index contributed by atoms with van der Waals surface area (Å²) < 4.78 is 165.